The Morgan fingerprint density at radius 3 is 2.35 bits per heavy atom. The van der Waals surface area contributed by atoms with Crippen LogP contribution in [-0.4, -0.2) is 85.5 Å². The van der Waals surface area contributed by atoms with Crippen molar-refractivity contribution in [1.82, 2.24) is 14.8 Å². The molecule has 0 saturated carbocycles. The summed E-state index contributed by atoms with van der Waals surface area (Å²) < 4.78 is 11.6. The van der Waals surface area contributed by atoms with E-state index in [0.717, 1.165) is 64.3 Å². The zero-order valence-corrected chi connectivity index (χ0v) is 15.5. The standard InChI is InChI=1S/C19H28N4O3/c1-2-21-9-11-23(12-10-21)18(24)17-4-3-16(15-20-17)22-7-5-19(6-8-22)25-13-14-26-19/h3-4,15H,2,5-14H2,1H3. The van der Waals surface area contributed by atoms with Gasteiger partial charge < -0.3 is 24.2 Å². The Balaban J connectivity index is 1.34. The molecule has 0 bridgehead atoms. The molecule has 26 heavy (non-hydrogen) atoms. The summed E-state index contributed by atoms with van der Waals surface area (Å²) in [4.78, 5) is 23.7. The number of rotatable bonds is 3. The molecule has 0 aromatic carbocycles. The molecule has 0 atom stereocenters. The number of pyridine rings is 1. The summed E-state index contributed by atoms with van der Waals surface area (Å²) in [6.07, 6.45) is 3.56. The van der Waals surface area contributed by atoms with Gasteiger partial charge in [-0.1, -0.05) is 6.92 Å². The van der Waals surface area contributed by atoms with E-state index in [2.05, 4.69) is 21.7 Å². The molecule has 0 aliphatic carbocycles. The fourth-order valence-electron chi connectivity index (χ4n) is 4.02. The van der Waals surface area contributed by atoms with Gasteiger partial charge in [-0.3, -0.25) is 4.79 Å². The second-order valence-electron chi connectivity index (χ2n) is 7.22. The zero-order chi connectivity index (χ0) is 18.0. The van der Waals surface area contributed by atoms with E-state index in [1.165, 1.54) is 0 Å². The van der Waals surface area contributed by atoms with Gasteiger partial charge in [-0.15, -0.1) is 0 Å². The van der Waals surface area contributed by atoms with Gasteiger partial charge in [0.25, 0.3) is 5.91 Å². The van der Waals surface area contributed by atoms with Crippen LogP contribution in [0.1, 0.15) is 30.3 Å². The fourth-order valence-corrected chi connectivity index (χ4v) is 4.02. The van der Waals surface area contributed by atoms with Crippen LogP contribution in [0.15, 0.2) is 18.3 Å². The first kappa shape index (κ1) is 17.7. The van der Waals surface area contributed by atoms with Crippen LogP contribution in [0.4, 0.5) is 5.69 Å². The number of anilines is 1. The number of ether oxygens (including phenoxy) is 2. The molecule has 7 nitrogen and oxygen atoms in total. The molecule has 4 rings (SSSR count). The van der Waals surface area contributed by atoms with Crippen molar-refractivity contribution < 1.29 is 14.3 Å². The van der Waals surface area contributed by atoms with E-state index in [1.807, 2.05) is 23.2 Å². The average Bonchev–Trinajstić information content (AvgIpc) is 3.16. The molecule has 3 saturated heterocycles. The normalized spacial score (nSPS) is 23.6. The molecule has 7 heteroatoms. The maximum absolute atomic E-state index is 12.7. The van der Waals surface area contributed by atoms with Crippen LogP contribution in [0.2, 0.25) is 0 Å². The highest BCUT2D eigenvalue weighted by Gasteiger charge is 2.39. The smallest absolute Gasteiger partial charge is 0.272 e. The Hall–Kier alpha value is -1.70. The Labute approximate surface area is 154 Å². The van der Waals surface area contributed by atoms with E-state index in [0.29, 0.717) is 18.9 Å². The SMILES string of the molecule is CCN1CCN(C(=O)c2ccc(N3CCC4(CC3)OCCO4)cn2)CC1. The van der Waals surface area contributed by atoms with E-state index >= 15 is 0 Å². The molecule has 142 valence electrons. The Kier molecular flexibility index (Phi) is 5.11. The van der Waals surface area contributed by atoms with Crippen molar-refractivity contribution in [2.45, 2.75) is 25.6 Å². The highest BCUT2D eigenvalue weighted by atomic mass is 16.7. The van der Waals surface area contributed by atoms with Crippen molar-refractivity contribution in [3.8, 4) is 0 Å². The highest BCUT2D eigenvalue weighted by molar-refractivity contribution is 5.92. The summed E-state index contributed by atoms with van der Waals surface area (Å²) in [7, 11) is 0. The molecular weight excluding hydrogens is 332 g/mol. The molecule has 1 aromatic rings. The first-order valence-electron chi connectivity index (χ1n) is 9.70. The zero-order valence-electron chi connectivity index (χ0n) is 15.5. The van der Waals surface area contributed by atoms with Gasteiger partial charge >= 0.3 is 0 Å². The lowest BCUT2D eigenvalue weighted by atomic mass is 10.0. The van der Waals surface area contributed by atoms with Crippen molar-refractivity contribution in [3.63, 3.8) is 0 Å². The Morgan fingerprint density at radius 2 is 1.77 bits per heavy atom. The molecule has 1 spiro atoms. The van der Waals surface area contributed by atoms with Crippen LogP contribution < -0.4 is 4.90 Å². The van der Waals surface area contributed by atoms with Crippen LogP contribution in [0.5, 0.6) is 0 Å². The molecule has 1 amide bonds. The number of hydrogen-bond acceptors (Lipinski definition) is 6. The maximum Gasteiger partial charge on any atom is 0.272 e. The molecule has 3 aliphatic heterocycles. The predicted octanol–water partition coefficient (Wildman–Crippen LogP) is 1.20. The molecular formula is C19H28N4O3. The van der Waals surface area contributed by atoms with E-state index in [4.69, 9.17) is 9.47 Å². The third kappa shape index (κ3) is 3.56. The summed E-state index contributed by atoms with van der Waals surface area (Å²) in [5.74, 6) is -0.321. The summed E-state index contributed by atoms with van der Waals surface area (Å²) in [6, 6.07) is 3.87. The van der Waals surface area contributed by atoms with E-state index in [-0.39, 0.29) is 11.7 Å². The maximum atomic E-state index is 12.7. The van der Waals surface area contributed by atoms with Gasteiger partial charge in [-0.25, -0.2) is 4.98 Å². The highest BCUT2D eigenvalue weighted by Crippen LogP contribution is 2.33. The first-order valence-corrected chi connectivity index (χ1v) is 9.70. The van der Waals surface area contributed by atoms with Crippen molar-refractivity contribution >= 4 is 11.6 Å². The van der Waals surface area contributed by atoms with Gasteiger partial charge in [0.1, 0.15) is 5.69 Å². The molecule has 1 aromatic heterocycles. The van der Waals surface area contributed by atoms with Gasteiger partial charge in [0.15, 0.2) is 5.79 Å². The number of amides is 1. The third-order valence-electron chi connectivity index (χ3n) is 5.78. The number of piperidine rings is 1. The molecule has 3 fully saturated rings. The fraction of sp³-hybridized carbons (Fsp3) is 0.684. The summed E-state index contributed by atoms with van der Waals surface area (Å²) >= 11 is 0. The molecule has 0 unspecified atom stereocenters. The van der Waals surface area contributed by atoms with Gasteiger partial charge in [-0.05, 0) is 18.7 Å². The van der Waals surface area contributed by atoms with Crippen LogP contribution in [-0.2, 0) is 9.47 Å². The lowest BCUT2D eigenvalue weighted by Gasteiger charge is -2.38. The largest absolute Gasteiger partial charge is 0.370 e. The van der Waals surface area contributed by atoms with Crippen LogP contribution in [0.3, 0.4) is 0 Å². The number of aromatic nitrogens is 1. The monoisotopic (exact) mass is 360 g/mol. The van der Waals surface area contributed by atoms with E-state index in [1.54, 1.807) is 0 Å². The lowest BCUT2D eigenvalue weighted by Crippen LogP contribution is -2.48. The number of nitrogens with zero attached hydrogens (tertiary/aromatic N) is 4. The second kappa shape index (κ2) is 7.50. The van der Waals surface area contributed by atoms with Crippen molar-refractivity contribution in [2.24, 2.45) is 0 Å². The quantitative estimate of drug-likeness (QED) is 0.807. The minimum atomic E-state index is -0.361. The summed E-state index contributed by atoms with van der Waals surface area (Å²) in [5, 5.41) is 0. The van der Waals surface area contributed by atoms with E-state index in [9.17, 15) is 4.79 Å². The Bertz CT molecular complexity index is 612. The second-order valence-corrected chi connectivity index (χ2v) is 7.22. The number of likely N-dealkylation sites (N-methyl/N-ethyl adjacent to an activating group) is 1. The number of carbonyl (C=O) groups is 1. The van der Waals surface area contributed by atoms with Crippen molar-refractivity contribution in [3.05, 3.63) is 24.0 Å². The summed E-state index contributed by atoms with van der Waals surface area (Å²) in [6.45, 7) is 9.82. The third-order valence-corrected chi connectivity index (χ3v) is 5.78. The van der Waals surface area contributed by atoms with Gasteiger partial charge in [0.05, 0.1) is 25.1 Å². The first-order chi connectivity index (χ1) is 12.7. The predicted molar refractivity (Wildman–Crippen MR) is 98.3 cm³/mol. The van der Waals surface area contributed by atoms with Crippen LogP contribution in [0.25, 0.3) is 0 Å². The lowest BCUT2D eigenvalue weighted by molar-refractivity contribution is -0.169. The van der Waals surface area contributed by atoms with E-state index < -0.39 is 0 Å². The van der Waals surface area contributed by atoms with Gasteiger partial charge in [0, 0.05) is 52.1 Å². The molecule has 3 aliphatic rings. The van der Waals surface area contributed by atoms with Gasteiger partial charge in [-0.2, -0.15) is 0 Å². The number of piperazine rings is 1. The van der Waals surface area contributed by atoms with Crippen molar-refractivity contribution in [2.75, 3.05) is 63.9 Å². The van der Waals surface area contributed by atoms with Gasteiger partial charge in [0.2, 0.25) is 0 Å². The minimum absolute atomic E-state index is 0.0395. The topological polar surface area (TPSA) is 58.1 Å². The molecule has 0 radical (unpaired) electrons. The molecule has 0 N–H and O–H groups in total. The van der Waals surface area contributed by atoms with Crippen LogP contribution >= 0.6 is 0 Å². The van der Waals surface area contributed by atoms with Crippen molar-refractivity contribution in [1.29, 1.82) is 0 Å². The molecule has 4 heterocycles. The number of carbonyl (C=O) groups excluding carboxylic acids is 1. The Morgan fingerprint density at radius 1 is 1.08 bits per heavy atom. The average molecular weight is 360 g/mol. The van der Waals surface area contributed by atoms with Crippen LogP contribution in [0, 0.1) is 0 Å². The number of hydrogen-bond donors (Lipinski definition) is 0. The summed E-state index contributed by atoms with van der Waals surface area (Å²) in [5.41, 5.74) is 1.60. The minimum Gasteiger partial charge on any atom is -0.370 e.